The molecule has 2 aromatic heterocycles. The van der Waals surface area contributed by atoms with Crippen molar-refractivity contribution in [1.29, 1.82) is 0 Å². The van der Waals surface area contributed by atoms with E-state index in [1.807, 2.05) is 13.8 Å². The number of carbonyl (C=O) groups is 2. The van der Waals surface area contributed by atoms with Crippen molar-refractivity contribution in [2.45, 2.75) is 26.4 Å². The second-order valence-electron chi connectivity index (χ2n) is 8.70. The zero-order valence-electron chi connectivity index (χ0n) is 18.7. The highest BCUT2D eigenvalue weighted by molar-refractivity contribution is 6.33. The van der Waals surface area contributed by atoms with E-state index < -0.39 is 53.1 Å². The molecule has 0 radical (unpaired) electrons. The maximum atomic E-state index is 13.7. The molecule has 1 aliphatic rings. The summed E-state index contributed by atoms with van der Waals surface area (Å²) in [7, 11) is 0. The van der Waals surface area contributed by atoms with Crippen molar-refractivity contribution in [3.8, 4) is 0 Å². The van der Waals surface area contributed by atoms with Gasteiger partial charge in [-0.3, -0.25) is 14.0 Å². The fourth-order valence-corrected chi connectivity index (χ4v) is 4.32. The molecule has 3 aromatic rings. The van der Waals surface area contributed by atoms with Gasteiger partial charge in [0.2, 0.25) is 5.91 Å². The highest BCUT2D eigenvalue weighted by Gasteiger charge is 2.37. The third-order valence-corrected chi connectivity index (χ3v) is 5.90. The van der Waals surface area contributed by atoms with E-state index in [0.29, 0.717) is 18.1 Å². The molecule has 0 spiro atoms. The summed E-state index contributed by atoms with van der Waals surface area (Å²) in [5.41, 5.74) is -1.58. The average molecular weight is 515 g/mol. The predicted molar refractivity (Wildman–Crippen MR) is 118 cm³/mol. The molecule has 1 aromatic carbocycles. The quantitative estimate of drug-likeness (QED) is 0.462. The van der Waals surface area contributed by atoms with Gasteiger partial charge in [-0.15, -0.1) is 0 Å². The molecule has 4 rings (SSSR count). The van der Waals surface area contributed by atoms with E-state index in [0.717, 1.165) is 32.4 Å². The minimum absolute atomic E-state index is 0.00198. The van der Waals surface area contributed by atoms with Crippen LogP contribution in [0.3, 0.4) is 0 Å². The Morgan fingerprint density at radius 2 is 1.77 bits per heavy atom. The Balaban J connectivity index is 1.65. The number of hydrogen-bond donors (Lipinski definition) is 0. The number of amides is 2. The lowest BCUT2D eigenvalue weighted by atomic mass is 10.0. The standard InChI is InChI=1S/C23H20ClF5N4O2/c1-12(2)5-13-6-17(23(27,28)29)21-30-19(20(24)33(21)10-13)22(35)31-3-4-32(18(34)11-31)16-8-14(25)7-15(26)9-16/h6-10,12H,3-5,11H2,1-2H3. The van der Waals surface area contributed by atoms with Crippen LogP contribution in [0.25, 0.3) is 5.65 Å². The number of imidazole rings is 1. The molecule has 186 valence electrons. The number of pyridine rings is 1. The van der Waals surface area contributed by atoms with Crippen LogP contribution < -0.4 is 4.90 Å². The van der Waals surface area contributed by atoms with Gasteiger partial charge in [0.05, 0.1) is 5.56 Å². The fourth-order valence-electron chi connectivity index (χ4n) is 4.07. The second kappa shape index (κ2) is 9.10. The topological polar surface area (TPSA) is 57.9 Å². The Kier molecular flexibility index (Phi) is 6.48. The largest absolute Gasteiger partial charge is 0.419 e. The second-order valence-corrected chi connectivity index (χ2v) is 9.06. The SMILES string of the molecule is CC(C)Cc1cc(C(F)(F)F)c2nc(C(=O)N3CCN(c4cc(F)cc(F)c4)C(=O)C3)c(Cl)n2c1. The van der Waals surface area contributed by atoms with E-state index in [-0.39, 0.29) is 29.8 Å². The first-order valence-electron chi connectivity index (χ1n) is 10.7. The molecule has 2 amide bonds. The molecule has 6 nitrogen and oxygen atoms in total. The normalized spacial score (nSPS) is 14.9. The van der Waals surface area contributed by atoms with Gasteiger partial charge in [0.1, 0.15) is 23.3 Å². The van der Waals surface area contributed by atoms with Crippen LogP contribution in [0.1, 0.15) is 35.5 Å². The number of nitrogens with zero attached hydrogens (tertiary/aromatic N) is 4. The first kappa shape index (κ1) is 24.9. The van der Waals surface area contributed by atoms with Crippen LogP contribution in [0, 0.1) is 17.6 Å². The van der Waals surface area contributed by atoms with Crippen molar-refractivity contribution in [3.63, 3.8) is 0 Å². The van der Waals surface area contributed by atoms with Crippen molar-refractivity contribution >= 4 is 34.7 Å². The van der Waals surface area contributed by atoms with Gasteiger partial charge in [-0.2, -0.15) is 13.2 Å². The third-order valence-electron chi connectivity index (χ3n) is 5.54. The van der Waals surface area contributed by atoms with Gasteiger partial charge >= 0.3 is 6.18 Å². The molecule has 1 fully saturated rings. The monoisotopic (exact) mass is 514 g/mol. The molecule has 0 saturated carbocycles. The molecule has 0 N–H and O–H groups in total. The van der Waals surface area contributed by atoms with Gasteiger partial charge in [-0.05, 0) is 36.1 Å². The predicted octanol–water partition coefficient (Wildman–Crippen LogP) is 4.97. The number of benzene rings is 1. The molecular formula is C23H20ClF5N4O2. The number of aromatic nitrogens is 2. The molecule has 1 saturated heterocycles. The van der Waals surface area contributed by atoms with Gasteiger partial charge in [-0.1, -0.05) is 25.4 Å². The number of fused-ring (bicyclic) bond motifs is 1. The van der Waals surface area contributed by atoms with E-state index in [1.165, 1.54) is 6.20 Å². The smallest absolute Gasteiger partial charge is 0.326 e. The Bertz CT molecular complexity index is 1300. The molecule has 0 bridgehead atoms. The van der Waals surface area contributed by atoms with Crippen LogP contribution >= 0.6 is 11.6 Å². The van der Waals surface area contributed by atoms with E-state index >= 15 is 0 Å². The molecule has 0 aliphatic carbocycles. The zero-order chi connectivity index (χ0) is 25.7. The van der Waals surface area contributed by atoms with Crippen molar-refractivity contribution in [2.75, 3.05) is 24.5 Å². The van der Waals surface area contributed by atoms with Crippen LogP contribution in [-0.4, -0.2) is 45.7 Å². The number of piperazine rings is 1. The lowest BCUT2D eigenvalue weighted by molar-refractivity contribution is -0.136. The summed E-state index contributed by atoms with van der Waals surface area (Å²) in [6.07, 6.45) is -2.96. The molecule has 0 atom stereocenters. The minimum atomic E-state index is -4.73. The minimum Gasteiger partial charge on any atom is -0.326 e. The van der Waals surface area contributed by atoms with Crippen LogP contribution in [0.15, 0.2) is 30.5 Å². The number of rotatable bonds is 4. The number of halogens is 6. The van der Waals surface area contributed by atoms with Gasteiger partial charge in [0.15, 0.2) is 11.3 Å². The van der Waals surface area contributed by atoms with Gasteiger partial charge in [-0.25, -0.2) is 13.8 Å². The maximum Gasteiger partial charge on any atom is 0.419 e. The summed E-state index contributed by atoms with van der Waals surface area (Å²) >= 11 is 6.30. The molecule has 12 heteroatoms. The number of anilines is 1. The van der Waals surface area contributed by atoms with Crippen molar-refractivity contribution < 1.29 is 31.5 Å². The molecular weight excluding hydrogens is 495 g/mol. The summed E-state index contributed by atoms with van der Waals surface area (Å²) in [5.74, 6) is -3.09. The Hall–Kier alpha value is -3.21. The lowest BCUT2D eigenvalue weighted by Gasteiger charge is -2.34. The maximum absolute atomic E-state index is 13.7. The molecule has 1 aliphatic heterocycles. The lowest BCUT2D eigenvalue weighted by Crippen LogP contribution is -2.52. The zero-order valence-corrected chi connectivity index (χ0v) is 19.4. The summed E-state index contributed by atoms with van der Waals surface area (Å²) in [6, 6.07) is 3.64. The summed E-state index contributed by atoms with van der Waals surface area (Å²) < 4.78 is 69.4. The van der Waals surface area contributed by atoms with Gasteiger partial charge in [0.25, 0.3) is 5.91 Å². The molecule has 3 heterocycles. The first-order valence-corrected chi connectivity index (χ1v) is 11.1. The average Bonchev–Trinajstić information content (AvgIpc) is 3.07. The van der Waals surface area contributed by atoms with Crippen LogP contribution in [-0.2, 0) is 17.4 Å². The number of carbonyl (C=O) groups excluding carboxylic acids is 2. The highest BCUT2D eigenvalue weighted by Crippen LogP contribution is 2.35. The third kappa shape index (κ3) is 4.95. The number of hydrogen-bond acceptors (Lipinski definition) is 3. The molecule has 0 unspecified atom stereocenters. The van der Waals surface area contributed by atoms with E-state index in [9.17, 15) is 31.5 Å². The number of alkyl halides is 3. The van der Waals surface area contributed by atoms with Crippen molar-refractivity contribution in [3.05, 3.63) is 64.1 Å². The summed E-state index contributed by atoms with van der Waals surface area (Å²) in [5, 5.41) is -0.303. The van der Waals surface area contributed by atoms with E-state index in [4.69, 9.17) is 11.6 Å². The summed E-state index contributed by atoms with van der Waals surface area (Å²) in [6.45, 7) is 3.13. The van der Waals surface area contributed by atoms with E-state index in [1.54, 1.807) is 0 Å². The molecule has 35 heavy (non-hydrogen) atoms. The van der Waals surface area contributed by atoms with Crippen LogP contribution in [0.5, 0.6) is 0 Å². The van der Waals surface area contributed by atoms with E-state index in [2.05, 4.69) is 4.98 Å². The fraction of sp³-hybridized carbons (Fsp3) is 0.348. The summed E-state index contributed by atoms with van der Waals surface area (Å²) in [4.78, 5) is 31.8. The van der Waals surface area contributed by atoms with Crippen molar-refractivity contribution in [2.24, 2.45) is 5.92 Å². The van der Waals surface area contributed by atoms with Crippen LogP contribution in [0.4, 0.5) is 27.6 Å². The Morgan fingerprint density at radius 1 is 1.11 bits per heavy atom. The highest BCUT2D eigenvalue weighted by atomic mass is 35.5. The van der Waals surface area contributed by atoms with Gasteiger partial charge < -0.3 is 9.80 Å². The first-order chi connectivity index (χ1) is 16.3. The Labute approximate surface area is 201 Å². The van der Waals surface area contributed by atoms with Crippen LogP contribution in [0.2, 0.25) is 5.15 Å². The van der Waals surface area contributed by atoms with Crippen molar-refractivity contribution in [1.82, 2.24) is 14.3 Å². The van der Waals surface area contributed by atoms with Gasteiger partial charge in [0, 0.05) is 31.0 Å². The Morgan fingerprint density at radius 3 is 2.34 bits per heavy atom.